The average Bonchev–Trinajstić information content (AvgIpc) is 2.39. The van der Waals surface area contributed by atoms with Gasteiger partial charge in [0.25, 0.3) is 10.0 Å². The van der Waals surface area contributed by atoms with Crippen molar-refractivity contribution in [3.05, 3.63) is 30.3 Å². The van der Waals surface area contributed by atoms with Gasteiger partial charge in [0, 0.05) is 13.1 Å². The van der Waals surface area contributed by atoms with Crippen LogP contribution in [0.5, 0.6) is 0 Å². The summed E-state index contributed by atoms with van der Waals surface area (Å²) in [6, 6.07) is 8.30. The lowest BCUT2D eigenvalue weighted by Gasteiger charge is -2.23. The minimum absolute atomic E-state index is 0.244. The Labute approximate surface area is 102 Å². The summed E-state index contributed by atoms with van der Waals surface area (Å²) in [4.78, 5) is 2.21. The maximum Gasteiger partial charge on any atom is 0.283 e. The summed E-state index contributed by atoms with van der Waals surface area (Å²) in [5, 5.41) is 0. The lowest BCUT2D eigenvalue weighted by atomic mass is 10.1. The van der Waals surface area contributed by atoms with Crippen molar-refractivity contribution in [2.75, 3.05) is 13.1 Å². The first-order valence-corrected chi connectivity index (χ1v) is 7.22. The molecule has 0 spiro atoms. The molecule has 0 saturated carbocycles. The van der Waals surface area contributed by atoms with Crippen LogP contribution in [0, 0.1) is 0 Å². The summed E-state index contributed by atoms with van der Waals surface area (Å²) >= 11 is 0. The smallest absolute Gasteiger partial charge is 0.283 e. The molecule has 92 valence electrons. The highest BCUT2D eigenvalue weighted by Gasteiger charge is 2.12. The fourth-order valence-electron chi connectivity index (χ4n) is 1.82. The van der Waals surface area contributed by atoms with Crippen LogP contribution in [0.4, 0.5) is 0 Å². The van der Waals surface area contributed by atoms with E-state index in [4.69, 9.17) is 0 Å². The number of rotatable bonds is 3. The van der Waals surface area contributed by atoms with Crippen LogP contribution in [0.1, 0.15) is 19.3 Å². The molecule has 1 aliphatic rings. The molecule has 0 aliphatic carbocycles. The number of likely N-dealkylation sites (tertiary alicyclic amines) is 1. The first kappa shape index (κ1) is 12.1. The summed E-state index contributed by atoms with van der Waals surface area (Å²) in [5.41, 5.74) is 0. The third-order valence-electron chi connectivity index (χ3n) is 2.78. The van der Waals surface area contributed by atoms with Crippen LogP contribution in [-0.2, 0) is 10.0 Å². The Morgan fingerprint density at radius 1 is 1.06 bits per heavy atom. The van der Waals surface area contributed by atoms with Gasteiger partial charge in [0.05, 0.1) is 4.90 Å². The van der Waals surface area contributed by atoms with E-state index in [1.165, 1.54) is 12.8 Å². The largest absolute Gasteiger partial charge is 0.362 e. The third kappa shape index (κ3) is 3.30. The van der Waals surface area contributed by atoms with Crippen molar-refractivity contribution in [1.29, 1.82) is 0 Å². The van der Waals surface area contributed by atoms with Gasteiger partial charge in [-0.1, -0.05) is 18.2 Å². The molecule has 5 heteroatoms. The van der Waals surface area contributed by atoms with E-state index in [-0.39, 0.29) is 4.90 Å². The Morgan fingerprint density at radius 2 is 1.71 bits per heavy atom. The second-order valence-electron chi connectivity index (χ2n) is 4.11. The van der Waals surface area contributed by atoms with E-state index >= 15 is 0 Å². The number of piperidine rings is 1. The van der Waals surface area contributed by atoms with Gasteiger partial charge in [0.15, 0.2) is 0 Å². The number of sulfonamides is 1. The minimum atomic E-state index is -3.53. The maximum absolute atomic E-state index is 11.9. The van der Waals surface area contributed by atoms with E-state index in [1.54, 1.807) is 30.3 Å². The topological polar surface area (TPSA) is 49.7 Å². The number of hydrogen-bond donors (Lipinski definition) is 0. The van der Waals surface area contributed by atoms with E-state index < -0.39 is 10.0 Å². The molecule has 17 heavy (non-hydrogen) atoms. The SMILES string of the molecule is O=S(=O)(/N=C/N1CCCCC1)c1ccccc1. The van der Waals surface area contributed by atoms with Crippen LogP contribution >= 0.6 is 0 Å². The first-order valence-electron chi connectivity index (χ1n) is 5.78. The quantitative estimate of drug-likeness (QED) is 0.609. The zero-order chi connectivity index (χ0) is 12.1. The Morgan fingerprint density at radius 3 is 2.35 bits per heavy atom. The van der Waals surface area contributed by atoms with Crippen molar-refractivity contribution in [3.63, 3.8) is 0 Å². The van der Waals surface area contributed by atoms with Gasteiger partial charge in [0.1, 0.15) is 6.34 Å². The van der Waals surface area contributed by atoms with Crippen LogP contribution in [-0.4, -0.2) is 32.7 Å². The molecule has 0 aromatic heterocycles. The molecule has 0 amide bonds. The highest BCUT2D eigenvalue weighted by Crippen LogP contribution is 2.12. The molecule has 1 fully saturated rings. The molecule has 1 aliphatic heterocycles. The van der Waals surface area contributed by atoms with Crippen molar-refractivity contribution < 1.29 is 8.42 Å². The van der Waals surface area contributed by atoms with Crippen LogP contribution < -0.4 is 0 Å². The molecular weight excluding hydrogens is 236 g/mol. The molecule has 4 nitrogen and oxygen atoms in total. The van der Waals surface area contributed by atoms with Crippen molar-refractivity contribution >= 4 is 16.4 Å². The van der Waals surface area contributed by atoms with Gasteiger partial charge in [-0.3, -0.25) is 0 Å². The normalized spacial score (nSPS) is 17.5. The summed E-state index contributed by atoms with van der Waals surface area (Å²) < 4.78 is 27.4. The van der Waals surface area contributed by atoms with Gasteiger partial charge in [-0.15, -0.1) is 4.40 Å². The molecule has 1 heterocycles. The zero-order valence-corrected chi connectivity index (χ0v) is 10.4. The predicted molar refractivity (Wildman–Crippen MR) is 67.5 cm³/mol. The van der Waals surface area contributed by atoms with Gasteiger partial charge >= 0.3 is 0 Å². The minimum Gasteiger partial charge on any atom is -0.362 e. The Balaban J connectivity index is 2.09. The van der Waals surface area contributed by atoms with Gasteiger partial charge < -0.3 is 4.90 Å². The van der Waals surface area contributed by atoms with Gasteiger partial charge in [0.2, 0.25) is 0 Å². The second-order valence-corrected chi connectivity index (χ2v) is 5.74. The molecule has 1 saturated heterocycles. The molecule has 0 N–H and O–H groups in total. The summed E-state index contributed by atoms with van der Waals surface area (Å²) in [6.45, 7) is 1.79. The summed E-state index contributed by atoms with van der Waals surface area (Å²) in [6.07, 6.45) is 4.89. The molecule has 0 bridgehead atoms. The molecule has 0 unspecified atom stereocenters. The average molecular weight is 252 g/mol. The van der Waals surface area contributed by atoms with E-state index in [0.717, 1.165) is 25.9 Å². The highest BCUT2D eigenvalue weighted by atomic mass is 32.2. The monoisotopic (exact) mass is 252 g/mol. The Bertz CT molecular complexity index is 476. The van der Waals surface area contributed by atoms with Crippen LogP contribution in [0.15, 0.2) is 39.6 Å². The highest BCUT2D eigenvalue weighted by molar-refractivity contribution is 7.90. The van der Waals surface area contributed by atoms with Crippen LogP contribution in [0.2, 0.25) is 0 Å². The fourth-order valence-corrected chi connectivity index (χ4v) is 2.70. The molecule has 1 aromatic carbocycles. The van der Waals surface area contributed by atoms with E-state index in [0.29, 0.717) is 0 Å². The van der Waals surface area contributed by atoms with E-state index in [2.05, 4.69) is 4.40 Å². The van der Waals surface area contributed by atoms with Crippen molar-refractivity contribution in [2.45, 2.75) is 24.2 Å². The molecule has 0 radical (unpaired) electrons. The van der Waals surface area contributed by atoms with Crippen LogP contribution in [0.25, 0.3) is 0 Å². The van der Waals surface area contributed by atoms with E-state index in [9.17, 15) is 8.42 Å². The standard InChI is InChI=1S/C12H16N2O2S/c15-17(16,12-7-3-1-4-8-12)13-11-14-9-5-2-6-10-14/h1,3-4,7-8,11H,2,5-6,9-10H2/b13-11+. The van der Waals surface area contributed by atoms with Gasteiger partial charge in [-0.05, 0) is 31.4 Å². The molecule has 2 rings (SSSR count). The summed E-state index contributed by atoms with van der Waals surface area (Å²) in [5.74, 6) is 0. The lowest BCUT2D eigenvalue weighted by Crippen LogP contribution is -2.28. The van der Waals surface area contributed by atoms with E-state index in [1.807, 2.05) is 4.90 Å². The fraction of sp³-hybridized carbons (Fsp3) is 0.417. The number of benzene rings is 1. The Hall–Kier alpha value is -1.36. The number of hydrogen-bond acceptors (Lipinski definition) is 2. The van der Waals surface area contributed by atoms with Gasteiger partial charge in [-0.25, -0.2) is 0 Å². The maximum atomic E-state index is 11.9. The van der Waals surface area contributed by atoms with Gasteiger partial charge in [-0.2, -0.15) is 8.42 Å². The van der Waals surface area contributed by atoms with Crippen molar-refractivity contribution in [3.8, 4) is 0 Å². The zero-order valence-electron chi connectivity index (χ0n) is 9.62. The van der Waals surface area contributed by atoms with Crippen molar-refractivity contribution in [2.24, 2.45) is 4.40 Å². The third-order valence-corrected chi connectivity index (χ3v) is 4.02. The molecule has 0 atom stereocenters. The second kappa shape index (κ2) is 5.31. The Kier molecular flexibility index (Phi) is 3.78. The predicted octanol–water partition coefficient (Wildman–Crippen LogP) is 1.89. The molecular formula is C12H16N2O2S. The van der Waals surface area contributed by atoms with Crippen molar-refractivity contribution in [1.82, 2.24) is 4.90 Å². The van der Waals surface area contributed by atoms with Crippen LogP contribution in [0.3, 0.4) is 0 Å². The first-order chi connectivity index (χ1) is 8.18. The number of nitrogens with zero attached hydrogens (tertiary/aromatic N) is 2. The molecule has 1 aromatic rings. The lowest BCUT2D eigenvalue weighted by molar-refractivity contribution is 0.351. The summed E-state index contributed by atoms with van der Waals surface area (Å²) in [7, 11) is -3.53.